The fourth-order valence-corrected chi connectivity index (χ4v) is 3.12. The van der Waals surface area contributed by atoms with Crippen molar-refractivity contribution in [1.29, 1.82) is 0 Å². The van der Waals surface area contributed by atoms with Crippen molar-refractivity contribution in [2.45, 2.75) is 25.3 Å². The average molecular weight is 280 g/mol. The van der Waals surface area contributed by atoms with Crippen LogP contribution >= 0.6 is 0 Å². The van der Waals surface area contributed by atoms with Crippen LogP contribution in [0.2, 0.25) is 0 Å². The Hall–Kier alpha value is -2.29. The van der Waals surface area contributed by atoms with E-state index >= 15 is 0 Å². The maximum atomic E-state index is 12.7. The molecule has 2 N–H and O–H groups in total. The van der Waals surface area contributed by atoms with Crippen LogP contribution in [0.15, 0.2) is 54.6 Å². The van der Waals surface area contributed by atoms with E-state index in [1.54, 1.807) is 12.1 Å². The van der Waals surface area contributed by atoms with Crippen molar-refractivity contribution in [1.82, 2.24) is 4.90 Å². The molecule has 1 amide bonds. The molecule has 0 aromatic heterocycles. The molecule has 0 saturated carbocycles. The van der Waals surface area contributed by atoms with Crippen molar-refractivity contribution in [3.8, 4) is 0 Å². The van der Waals surface area contributed by atoms with Gasteiger partial charge in [-0.1, -0.05) is 36.4 Å². The summed E-state index contributed by atoms with van der Waals surface area (Å²) in [5.74, 6) is 0.499. The molecule has 3 nitrogen and oxygen atoms in total. The summed E-state index contributed by atoms with van der Waals surface area (Å²) < 4.78 is 0. The van der Waals surface area contributed by atoms with E-state index < -0.39 is 0 Å². The van der Waals surface area contributed by atoms with Crippen LogP contribution in [0.1, 0.15) is 35.2 Å². The molecule has 0 aliphatic carbocycles. The van der Waals surface area contributed by atoms with E-state index in [1.165, 1.54) is 5.56 Å². The van der Waals surface area contributed by atoms with E-state index in [-0.39, 0.29) is 11.9 Å². The molecule has 108 valence electrons. The Morgan fingerprint density at radius 1 is 1.14 bits per heavy atom. The number of carbonyl (C=O) groups excluding carboxylic acids is 1. The highest BCUT2D eigenvalue weighted by Gasteiger charge is 2.33. The van der Waals surface area contributed by atoms with E-state index in [9.17, 15) is 4.79 Å². The summed E-state index contributed by atoms with van der Waals surface area (Å²) in [6.45, 7) is 2.89. The molecule has 1 aliphatic rings. The highest BCUT2D eigenvalue weighted by molar-refractivity contribution is 5.95. The summed E-state index contributed by atoms with van der Waals surface area (Å²) in [7, 11) is 0. The zero-order chi connectivity index (χ0) is 14.8. The number of benzene rings is 2. The minimum atomic E-state index is 0.0771. The number of amides is 1. The van der Waals surface area contributed by atoms with Gasteiger partial charge in [-0.2, -0.15) is 0 Å². The van der Waals surface area contributed by atoms with Gasteiger partial charge in [0.1, 0.15) is 0 Å². The second-order valence-electron chi connectivity index (χ2n) is 5.78. The first-order valence-electron chi connectivity index (χ1n) is 7.36. The third-order valence-electron chi connectivity index (χ3n) is 4.24. The van der Waals surface area contributed by atoms with Gasteiger partial charge in [-0.05, 0) is 37.1 Å². The zero-order valence-corrected chi connectivity index (χ0v) is 12.2. The van der Waals surface area contributed by atoms with Crippen LogP contribution in [0.5, 0.6) is 0 Å². The lowest BCUT2D eigenvalue weighted by atomic mass is 9.97. The van der Waals surface area contributed by atoms with Crippen molar-refractivity contribution in [2.75, 3.05) is 12.3 Å². The first kappa shape index (κ1) is 13.7. The van der Waals surface area contributed by atoms with Gasteiger partial charge in [0.2, 0.25) is 0 Å². The van der Waals surface area contributed by atoms with E-state index in [4.69, 9.17) is 5.73 Å². The summed E-state index contributed by atoms with van der Waals surface area (Å²) in [5, 5.41) is 0. The van der Waals surface area contributed by atoms with Crippen LogP contribution in [0.4, 0.5) is 5.69 Å². The van der Waals surface area contributed by atoms with Gasteiger partial charge >= 0.3 is 0 Å². The summed E-state index contributed by atoms with van der Waals surface area (Å²) in [6, 6.07) is 17.9. The third-order valence-corrected chi connectivity index (χ3v) is 4.24. The Bertz CT molecular complexity index is 639. The lowest BCUT2D eigenvalue weighted by Crippen LogP contribution is -2.33. The minimum absolute atomic E-state index is 0.0771. The first-order valence-corrected chi connectivity index (χ1v) is 7.36. The predicted molar refractivity (Wildman–Crippen MR) is 85.2 cm³/mol. The molecule has 2 atom stereocenters. The Morgan fingerprint density at radius 3 is 2.62 bits per heavy atom. The van der Waals surface area contributed by atoms with Gasteiger partial charge in [0, 0.05) is 29.8 Å². The largest absolute Gasteiger partial charge is 0.399 e. The van der Waals surface area contributed by atoms with Crippen LogP contribution in [-0.2, 0) is 0 Å². The smallest absolute Gasteiger partial charge is 0.254 e. The lowest BCUT2D eigenvalue weighted by Gasteiger charge is -2.21. The summed E-state index contributed by atoms with van der Waals surface area (Å²) in [6.07, 6.45) is 1.01. The molecule has 21 heavy (non-hydrogen) atoms. The number of nitrogens with zero attached hydrogens (tertiary/aromatic N) is 1. The summed E-state index contributed by atoms with van der Waals surface area (Å²) in [4.78, 5) is 14.6. The van der Waals surface area contributed by atoms with Gasteiger partial charge in [0.15, 0.2) is 0 Å². The molecule has 0 bridgehead atoms. The number of nitrogen functional groups attached to an aromatic ring is 1. The van der Waals surface area contributed by atoms with E-state index in [0.717, 1.165) is 13.0 Å². The highest BCUT2D eigenvalue weighted by atomic mass is 16.2. The molecule has 1 heterocycles. The SMILES string of the molecule is CC1CC(c2ccccc2)CN1C(=O)c1cccc(N)c1. The molecule has 1 aliphatic heterocycles. The molecule has 1 saturated heterocycles. The molecular weight excluding hydrogens is 260 g/mol. The number of hydrogen-bond acceptors (Lipinski definition) is 2. The van der Waals surface area contributed by atoms with Gasteiger partial charge < -0.3 is 10.6 Å². The van der Waals surface area contributed by atoms with Crippen LogP contribution in [-0.4, -0.2) is 23.4 Å². The number of hydrogen-bond donors (Lipinski definition) is 1. The van der Waals surface area contributed by atoms with Gasteiger partial charge in [-0.3, -0.25) is 4.79 Å². The third kappa shape index (κ3) is 2.77. The van der Waals surface area contributed by atoms with Gasteiger partial charge in [0.05, 0.1) is 0 Å². The van der Waals surface area contributed by atoms with Gasteiger partial charge in [0.25, 0.3) is 5.91 Å². The molecule has 2 aromatic rings. The fraction of sp³-hybridized carbons (Fsp3) is 0.278. The Morgan fingerprint density at radius 2 is 1.90 bits per heavy atom. The molecule has 1 fully saturated rings. The number of nitrogens with two attached hydrogens (primary N) is 1. The quantitative estimate of drug-likeness (QED) is 0.858. The van der Waals surface area contributed by atoms with Crippen molar-refractivity contribution < 1.29 is 4.79 Å². The first-order chi connectivity index (χ1) is 10.1. The van der Waals surface area contributed by atoms with Crippen molar-refractivity contribution in [3.63, 3.8) is 0 Å². The van der Waals surface area contributed by atoms with Crippen LogP contribution in [0, 0.1) is 0 Å². The van der Waals surface area contributed by atoms with Crippen LogP contribution in [0.3, 0.4) is 0 Å². The maximum absolute atomic E-state index is 12.7. The van der Waals surface area contributed by atoms with E-state index in [0.29, 0.717) is 17.2 Å². The monoisotopic (exact) mass is 280 g/mol. The average Bonchev–Trinajstić information content (AvgIpc) is 2.89. The van der Waals surface area contributed by atoms with Crippen LogP contribution < -0.4 is 5.73 Å². The lowest BCUT2D eigenvalue weighted by molar-refractivity contribution is 0.0746. The molecule has 3 heteroatoms. The van der Waals surface area contributed by atoms with Crippen molar-refractivity contribution in [2.24, 2.45) is 0 Å². The summed E-state index contributed by atoms with van der Waals surface area (Å²) in [5.41, 5.74) is 8.40. The molecule has 0 radical (unpaired) electrons. The minimum Gasteiger partial charge on any atom is -0.399 e. The highest BCUT2D eigenvalue weighted by Crippen LogP contribution is 2.32. The van der Waals surface area contributed by atoms with Crippen molar-refractivity contribution in [3.05, 3.63) is 65.7 Å². The predicted octanol–water partition coefficient (Wildman–Crippen LogP) is 3.29. The van der Waals surface area contributed by atoms with E-state index in [1.807, 2.05) is 23.1 Å². The second kappa shape index (κ2) is 5.60. The van der Waals surface area contributed by atoms with Gasteiger partial charge in [-0.15, -0.1) is 0 Å². The maximum Gasteiger partial charge on any atom is 0.254 e. The number of carbonyl (C=O) groups is 1. The topological polar surface area (TPSA) is 46.3 Å². The molecule has 2 unspecified atom stereocenters. The van der Waals surface area contributed by atoms with Crippen molar-refractivity contribution >= 4 is 11.6 Å². The summed E-state index contributed by atoms with van der Waals surface area (Å²) >= 11 is 0. The second-order valence-corrected chi connectivity index (χ2v) is 5.78. The Kier molecular flexibility index (Phi) is 3.65. The van der Waals surface area contributed by atoms with Gasteiger partial charge in [-0.25, -0.2) is 0 Å². The Labute approximate surface area is 125 Å². The molecule has 2 aromatic carbocycles. The number of anilines is 1. The Balaban J connectivity index is 1.79. The molecular formula is C18H20N2O. The normalized spacial score (nSPS) is 21.5. The number of likely N-dealkylation sites (tertiary alicyclic amines) is 1. The molecule has 0 spiro atoms. The zero-order valence-electron chi connectivity index (χ0n) is 12.2. The number of rotatable bonds is 2. The standard InChI is InChI=1S/C18H20N2O/c1-13-10-16(14-6-3-2-4-7-14)12-20(13)18(21)15-8-5-9-17(19)11-15/h2-9,11,13,16H,10,12,19H2,1H3. The molecule has 3 rings (SSSR count). The van der Waals surface area contributed by atoms with E-state index in [2.05, 4.69) is 31.2 Å². The van der Waals surface area contributed by atoms with Crippen LogP contribution in [0.25, 0.3) is 0 Å². The fourth-order valence-electron chi connectivity index (χ4n) is 3.12.